The highest BCUT2D eigenvalue weighted by molar-refractivity contribution is 6.30. The highest BCUT2D eigenvalue weighted by Crippen LogP contribution is 2.19. The number of aryl methyl sites for hydroxylation is 1. The molecule has 2 heterocycles. The van der Waals surface area contributed by atoms with E-state index in [9.17, 15) is 4.79 Å². The van der Waals surface area contributed by atoms with E-state index in [1.165, 1.54) is 25.8 Å². The highest BCUT2D eigenvalue weighted by Gasteiger charge is 2.17. The molecule has 1 aliphatic heterocycles. The fourth-order valence-corrected chi connectivity index (χ4v) is 3.84. The average molecular weight is 419 g/mol. The number of nitrogens with one attached hydrogen (secondary N) is 1. The van der Waals surface area contributed by atoms with Crippen molar-refractivity contribution in [1.29, 1.82) is 0 Å². The van der Waals surface area contributed by atoms with Gasteiger partial charge in [0, 0.05) is 36.0 Å². The second-order valence-electron chi connectivity index (χ2n) is 7.81. The van der Waals surface area contributed by atoms with Crippen LogP contribution in [0.4, 0.5) is 0 Å². The number of aromatic nitrogens is 2. The number of rotatable bonds is 10. The van der Waals surface area contributed by atoms with Gasteiger partial charge in [0.25, 0.3) is 0 Å². The first-order valence-corrected chi connectivity index (χ1v) is 11.1. The van der Waals surface area contributed by atoms with Crippen LogP contribution in [0.1, 0.15) is 57.8 Å². The summed E-state index contributed by atoms with van der Waals surface area (Å²) in [5.74, 6) is 1.19. The molecule has 1 amide bonds. The summed E-state index contributed by atoms with van der Waals surface area (Å²) in [7, 11) is 0. The first kappa shape index (κ1) is 21.8. The van der Waals surface area contributed by atoms with Gasteiger partial charge in [-0.05, 0) is 76.4 Å². The maximum absolute atomic E-state index is 12.0. The van der Waals surface area contributed by atoms with E-state index in [0.717, 1.165) is 31.5 Å². The molecule has 0 spiro atoms. The van der Waals surface area contributed by atoms with Crippen LogP contribution in [0.3, 0.4) is 0 Å². The van der Waals surface area contributed by atoms with E-state index >= 15 is 0 Å². The Morgan fingerprint density at radius 3 is 2.86 bits per heavy atom. The van der Waals surface area contributed by atoms with Crippen LogP contribution >= 0.6 is 11.6 Å². The Balaban J connectivity index is 1.27. The number of piperidine rings is 1. The van der Waals surface area contributed by atoms with E-state index in [2.05, 4.69) is 27.3 Å². The smallest absolute Gasteiger partial charge is 0.226 e. The molecular weight excluding hydrogens is 388 g/mol. The van der Waals surface area contributed by atoms with Gasteiger partial charge >= 0.3 is 0 Å². The molecule has 0 radical (unpaired) electrons. The van der Waals surface area contributed by atoms with Gasteiger partial charge in [0.1, 0.15) is 0 Å². The van der Waals surface area contributed by atoms with Crippen LogP contribution in [-0.4, -0.2) is 46.6 Å². The van der Waals surface area contributed by atoms with E-state index in [1.54, 1.807) is 12.1 Å². The standard InChI is InChI=1S/C22H31ClN4O2/c1-17-7-2-4-15-27(17)16-5-3-14-24-20(28)8-6-9-21-25-22(26-29-21)18-10-12-19(23)13-11-18/h10-13,17H,2-9,14-16H2,1H3,(H,24,28). The zero-order chi connectivity index (χ0) is 20.5. The van der Waals surface area contributed by atoms with Crippen molar-refractivity contribution in [3.8, 4) is 11.4 Å². The second kappa shape index (κ2) is 11.3. The van der Waals surface area contributed by atoms with Crippen LogP contribution < -0.4 is 5.32 Å². The Bertz CT molecular complexity index is 762. The lowest BCUT2D eigenvalue weighted by atomic mass is 10.0. The van der Waals surface area contributed by atoms with Crippen LogP contribution in [0.15, 0.2) is 28.8 Å². The zero-order valence-corrected chi connectivity index (χ0v) is 18.0. The number of unbranched alkanes of at least 4 members (excludes halogenated alkanes) is 1. The summed E-state index contributed by atoms with van der Waals surface area (Å²) in [6.45, 7) is 5.44. The topological polar surface area (TPSA) is 71.3 Å². The summed E-state index contributed by atoms with van der Waals surface area (Å²) < 4.78 is 5.28. The number of benzene rings is 1. The molecule has 1 atom stereocenters. The predicted octanol–water partition coefficient (Wildman–Crippen LogP) is 4.48. The number of nitrogens with zero attached hydrogens (tertiary/aromatic N) is 3. The van der Waals surface area contributed by atoms with E-state index in [0.29, 0.717) is 42.0 Å². The van der Waals surface area contributed by atoms with Gasteiger partial charge in [0.05, 0.1) is 0 Å². The molecule has 1 N–H and O–H groups in total. The molecule has 1 unspecified atom stereocenters. The van der Waals surface area contributed by atoms with E-state index in [-0.39, 0.29) is 5.91 Å². The van der Waals surface area contributed by atoms with Crippen LogP contribution in [0.5, 0.6) is 0 Å². The molecule has 1 aromatic carbocycles. The first-order chi connectivity index (χ1) is 14.1. The normalized spacial score (nSPS) is 17.4. The van der Waals surface area contributed by atoms with Gasteiger partial charge in [-0.3, -0.25) is 4.79 Å². The van der Waals surface area contributed by atoms with Crippen LogP contribution in [0.2, 0.25) is 5.02 Å². The van der Waals surface area contributed by atoms with Gasteiger partial charge in [0.15, 0.2) is 0 Å². The molecule has 2 aromatic rings. The molecule has 1 saturated heterocycles. The average Bonchev–Trinajstić information content (AvgIpc) is 3.18. The van der Waals surface area contributed by atoms with E-state index in [1.807, 2.05) is 12.1 Å². The summed E-state index contributed by atoms with van der Waals surface area (Å²) in [5, 5.41) is 7.68. The Labute approximate surface area is 178 Å². The minimum Gasteiger partial charge on any atom is -0.356 e. The molecule has 7 heteroatoms. The molecular formula is C22H31ClN4O2. The Hall–Kier alpha value is -1.92. The lowest BCUT2D eigenvalue weighted by molar-refractivity contribution is -0.121. The number of amides is 1. The molecule has 0 aliphatic carbocycles. The van der Waals surface area contributed by atoms with Gasteiger partial charge in [-0.2, -0.15) is 4.98 Å². The highest BCUT2D eigenvalue weighted by atomic mass is 35.5. The Morgan fingerprint density at radius 1 is 1.24 bits per heavy atom. The van der Waals surface area contributed by atoms with Crippen molar-refractivity contribution >= 4 is 17.5 Å². The fourth-order valence-electron chi connectivity index (χ4n) is 3.72. The Morgan fingerprint density at radius 2 is 2.07 bits per heavy atom. The van der Waals surface area contributed by atoms with Crippen molar-refractivity contribution in [2.24, 2.45) is 0 Å². The van der Waals surface area contributed by atoms with Crippen LogP contribution in [-0.2, 0) is 11.2 Å². The van der Waals surface area contributed by atoms with Crippen molar-refractivity contribution in [2.75, 3.05) is 19.6 Å². The zero-order valence-electron chi connectivity index (χ0n) is 17.2. The minimum atomic E-state index is 0.0915. The van der Waals surface area contributed by atoms with Gasteiger partial charge < -0.3 is 14.7 Å². The minimum absolute atomic E-state index is 0.0915. The molecule has 158 valence electrons. The molecule has 6 nitrogen and oxygen atoms in total. The summed E-state index contributed by atoms with van der Waals surface area (Å²) in [6.07, 6.45) is 7.94. The van der Waals surface area contributed by atoms with Crippen molar-refractivity contribution in [3.05, 3.63) is 35.2 Å². The molecule has 1 aliphatic rings. The summed E-state index contributed by atoms with van der Waals surface area (Å²) >= 11 is 5.89. The van der Waals surface area contributed by atoms with Crippen LogP contribution in [0, 0.1) is 0 Å². The third kappa shape index (κ3) is 7.12. The number of hydrogen-bond acceptors (Lipinski definition) is 5. The molecule has 0 saturated carbocycles. The monoisotopic (exact) mass is 418 g/mol. The molecule has 0 bridgehead atoms. The number of likely N-dealkylation sites (tertiary alicyclic amines) is 1. The molecule has 1 fully saturated rings. The summed E-state index contributed by atoms with van der Waals surface area (Å²) in [6, 6.07) is 8.02. The van der Waals surface area contributed by atoms with Gasteiger partial charge in [-0.25, -0.2) is 0 Å². The quantitative estimate of drug-likeness (QED) is 0.576. The molecule has 29 heavy (non-hydrogen) atoms. The molecule has 3 rings (SSSR count). The van der Waals surface area contributed by atoms with Crippen LogP contribution in [0.25, 0.3) is 11.4 Å². The van der Waals surface area contributed by atoms with Crippen molar-refractivity contribution < 1.29 is 9.32 Å². The second-order valence-corrected chi connectivity index (χ2v) is 8.25. The summed E-state index contributed by atoms with van der Waals surface area (Å²) in [5.41, 5.74) is 0.862. The van der Waals surface area contributed by atoms with Gasteiger partial charge in [-0.15, -0.1) is 0 Å². The SMILES string of the molecule is CC1CCCCN1CCCCNC(=O)CCCc1nc(-c2ccc(Cl)cc2)no1. The number of hydrogen-bond donors (Lipinski definition) is 1. The first-order valence-electron chi connectivity index (χ1n) is 10.7. The van der Waals surface area contributed by atoms with Gasteiger partial charge in [-0.1, -0.05) is 23.2 Å². The fraction of sp³-hybridized carbons (Fsp3) is 0.591. The third-order valence-electron chi connectivity index (χ3n) is 5.50. The maximum atomic E-state index is 12.0. The maximum Gasteiger partial charge on any atom is 0.226 e. The Kier molecular flexibility index (Phi) is 8.50. The lowest BCUT2D eigenvalue weighted by Crippen LogP contribution is -2.38. The molecule has 1 aromatic heterocycles. The van der Waals surface area contributed by atoms with Gasteiger partial charge in [0.2, 0.25) is 17.6 Å². The van der Waals surface area contributed by atoms with E-state index in [4.69, 9.17) is 16.1 Å². The number of halogens is 1. The van der Waals surface area contributed by atoms with Crippen molar-refractivity contribution in [1.82, 2.24) is 20.4 Å². The third-order valence-corrected chi connectivity index (χ3v) is 5.75. The van der Waals surface area contributed by atoms with Crippen molar-refractivity contribution in [2.45, 2.75) is 64.3 Å². The predicted molar refractivity (Wildman–Crippen MR) is 115 cm³/mol. The van der Waals surface area contributed by atoms with Crippen molar-refractivity contribution in [3.63, 3.8) is 0 Å². The lowest BCUT2D eigenvalue weighted by Gasteiger charge is -2.33. The van der Waals surface area contributed by atoms with E-state index < -0.39 is 0 Å². The summed E-state index contributed by atoms with van der Waals surface area (Å²) in [4.78, 5) is 19.0. The largest absolute Gasteiger partial charge is 0.356 e. The number of carbonyl (C=O) groups is 1. The number of carbonyl (C=O) groups excluding carboxylic acids is 1.